The lowest BCUT2D eigenvalue weighted by molar-refractivity contribution is -0.117. The number of carbonyl (C=O) groups is 2. The number of ether oxygens (including phenoxy) is 1. The Morgan fingerprint density at radius 2 is 1.69 bits per heavy atom. The number of alkyl halides is 2. The van der Waals surface area contributed by atoms with Gasteiger partial charge in [-0.1, -0.05) is 88.8 Å². The normalized spacial score (nSPS) is 10.9. The molecule has 3 aromatic carbocycles. The second kappa shape index (κ2) is 13.2. The Morgan fingerprint density at radius 1 is 1.00 bits per heavy atom. The summed E-state index contributed by atoms with van der Waals surface area (Å²) in [5.41, 5.74) is 3.60. The quantitative estimate of drug-likeness (QED) is 0.193. The number of halogens is 4. The van der Waals surface area contributed by atoms with E-state index in [1.165, 1.54) is 4.90 Å². The lowest BCUT2D eigenvalue weighted by Crippen LogP contribution is -2.34. The number of anilines is 2. The standard InChI is InChI=1S/C28H23Cl4N3O4/c1-2-13-38-28(37)33-19-11-9-17(10-12-19)16-35(27(36)26(31)32)20-6-3-5-18(14-20)24-15-23(34-39-24)25-21(29)7-4-8-22(25)30/h3-12,14-15,26H,2,13,16H2,1H3,(H,33,37). The van der Waals surface area contributed by atoms with Crippen molar-refractivity contribution in [3.63, 3.8) is 0 Å². The van der Waals surface area contributed by atoms with Crippen LogP contribution in [-0.2, 0) is 16.1 Å². The van der Waals surface area contributed by atoms with Crippen molar-refractivity contribution in [2.75, 3.05) is 16.8 Å². The highest BCUT2D eigenvalue weighted by Crippen LogP contribution is 2.36. The molecular weight excluding hydrogens is 584 g/mol. The molecule has 1 aromatic heterocycles. The number of carbonyl (C=O) groups excluding carboxylic acids is 2. The molecule has 0 fully saturated rings. The van der Waals surface area contributed by atoms with Crippen LogP contribution in [0.2, 0.25) is 10.0 Å². The monoisotopic (exact) mass is 605 g/mol. The predicted octanol–water partition coefficient (Wildman–Crippen LogP) is 8.61. The number of benzene rings is 3. The molecule has 39 heavy (non-hydrogen) atoms. The van der Waals surface area contributed by atoms with Gasteiger partial charge in [-0.15, -0.1) is 0 Å². The van der Waals surface area contributed by atoms with E-state index in [0.29, 0.717) is 50.6 Å². The lowest BCUT2D eigenvalue weighted by Gasteiger charge is -2.24. The van der Waals surface area contributed by atoms with E-state index in [2.05, 4.69) is 10.5 Å². The van der Waals surface area contributed by atoms with Gasteiger partial charge in [0.25, 0.3) is 5.91 Å². The van der Waals surface area contributed by atoms with Crippen molar-refractivity contribution in [3.05, 3.63) is 88.4 Å². The molecule has 1 heterocycles. The molecule has 7 nitrogen and oxygen atoms in total. The smallest absolute Gasteiger partial charge is 0.411 e. The van der Waals surface area contributed by atoms with Crippen LogP contribution < -0.4 is 10.2 Å². The van der Waals surface area contributed by atoms with Crippen molar-refractivity contribution >= 4 is 69.8 Å². The minimum Gasteiger partial charge on any atom is -0.449 e. The van der Waals surface area contributed by atoms with E-state index in [1.807, 2.05) is 13.0 Å². The fourth-order valence-corrected chi connectivity index (χ4v) is 4.56. The molecule has 0 radical (unpaired) electrons. The van der Waals surface area contributed by atoms with E-state index >= 15 is 0 Å². The topological polar surface area (TPSA) is 84.7 Å². The molecule has 4 rings (SSSR count). The first kappa shape index (κ1) is 28.8. The molecule has 4 aromatic rings. The molecule has 0 aliphatic rings. The molecule has 0 saturated carbocycles. The number of nitrogens with zero attached hydrogens (tertiary/aromatic N) is 2. The maximum Gasteiger partial charge on any atom is 0.411 e. The number of aromatic nitrogens is 1. The zero-order chi connectivity index (χ0) is 27.9. The second-order valence-electron chi connectivity index (χ2n) is 8.41. The Balaban J connectivity index is 1.57. The van der Waals surface area contributed by atoms with Gasteiger partial charge >= 0.3 is 6.09 Å². The Hall–Kier alpha value is -3.23. The zero-order valence-corrected chi connectivity index (χ0v) is 23.7. The fraction of sp³-hybridized carbons (Fsp3) is 0.179. The van der Waals surface area contributed by atoms with Crippen molar-refractivity contribution in [2.24, 2.45) is 0 Å². The van der Waals surface area contributed by atoms with E-state index in [4.69, 9.17) is 55.7 Å². The van der Waals surface area contributed by atoms with E-state index in [9.17, 15) is 9.59 Å². The summed E-state index contributed by atoms with van der Waals surface area (Å²) in [7, 11) is 0. The Morgan fingerprint density at radius 3 is 2.36 bits per heavy atom. The largest absolute Gasteiger partial charge is 0.449 e. The first-order chi connectivity index (χ1) is 18.8. The summed E-state index contributed by atoms with van der Waals surface area (Å²) < 4.78 is 10.6. The Kier molecular flexibility index (Phi) is 9.75. The van der Waals surface area contributed by atoms with Crippen LogP contribution in [0.3, 0.4) is 0 Å². The molecule has 0 aliphatic carbocycles. The SMILES string of the molecule is CCCOC(=O)Nc1ccc(CN(C(=O)C(Cl)Cl)c2cccc(-c3cc(-c4c(Cl)cccc4Cl)no3)c2)cc1. The summed E-state index contributed by atoms with van der Waals surface area (Å²) in [4.78, 5) is 25.0. The minimum absolute atomic E-state index is 0.176. The van der Waals surface area contributed by atoms with Gasteiger partial charge in [0.05, 0.1) is 23.2 Å². The van der Waals surface area contributed by atoms with E-state index in [0.717, 1.165) is 12.0 Å². The van der Waals surface area contributed by atoms with Crippen molar-refractivity contribution in [2.45, 2.75) is 24.7 Å². The molecule has 0 bridgehead atoms. The van der Waals surface area contributed by atoms with Gasteiger partial charge in [0.1, 0.15) is 5.69 Å². The van der Waals surface area contributed by atoms with Crippen LogP contribution in [0.4, 0.5) is 16.2 Å². The van der Waals surface area contributed by atoms with Crippen LogP contribution >= 0.6 is 46.4 Å². The average Bonchev–Trinajstić information content (AvgIpc) is 3.41. The van der Waals surface area contributed by atoms with E-state index in [1.54, 1.807) is 66.7 Å². The number of amides is 2. The molecular formula is C28H23Cl4N3O4. The van der Waals surface area contributed by atoms with Crippen molar-refractivity contribution in [1.82, 2.24) is 5.16 Å². The van der Waals surface area contributed by atoms with E-state index < -0.39 is 16.8 Å². The molecule has 2 amide bonds. The van der Waals surface area contributed by atoms with Gasteiger partial charge in [-0.05, 0) is 48.4 Å². The van der Waals surface area contributed by atoms with Gasteiger partial charge in [-0.2, -0.15) is 0 Å². The molecule has 202 valence electrons. The van der Waals surface area contributed by atoms with Gasteiger partial charge < -0.3 is 14.2 Å². The molecule has 0 saturated heterocycles. The van der Waals surface area contributed by atoms with Crippen molar-refractivity contribution in [1.29, 1.82) is 0 Å². The Labute approximate surface area is 245 Å². The number of rotatable bonds is 9. The first-order valence-electron chi connectivity index (χ1n) is 11.9. The summed E-state index contributed by atoms with van der Waals surface area (Å²) in [6, 6.07) is 21.0. The summed E-state index contributed by atoms with van der Waals surface area (Å²) in [6.45, 7) is 2.42. The predicted molar refractivity (Wildman–Crippen MR) is 156 cm³/mol. The highest BCUT2D eigenvalue weighted by atomic mass is 35.5. The summed E-state index contributed by atoms with van der Waals surface area (Å²) in [6.07, 6.45) is 0.199. The molecule has 0 spiro atoms. The van der Waals surface area contributed by atoms with E-state index in [-0.39, 0.29) is 6.54 Å². The second-order valence-corrected chi connectivity index (χ2v) is 10.3. The Bertz CT molecular complexity index is 1440. The molecule has 0 aliphatic heterocycles. The summed E-state index contributed by atoms with van der Waals surface area (Å²) >= 11 is 24.6. The molecule has 11 heteroatoms. The van der Waals surface area contributed by atoms with Crippen LogP contribution in [0.1, 0.15) is 18.9 Å². The molecule has 0 atom stereocenters. The summed E-state index contributed by atoms with van der Waals surface area (Å²) in [5.74, 6) is -0.0455. The van der Waals surface area contributed by atoms with Crippen LogP contribution in [0.5, 0.6) is 0 Å². The number of hydrogen-bond donors (Lipinski definition) is 1. The molecule has 1 N–H and O–H groups in total. The zero-order valence-electron chi connectivity index (χ0n) is 20.7. The minimum atomic E-state index is -1.28. The van der Waals surface area contributed by atoms with Gasteiger partial charge in [0.15, 0.2) is 10.6 Å². The first-order valence-corrected chi connectivity index (χ1v) is 13.5. The lowest BCUT2D eigenvalue weighted by atomic mass is 10.1. The van der Waals surface area contributed by atoms with Gasteiger partial charge in [0, 0.05) is 28.6 Å². The average molecular weight is 607 g/mol. The highest BCUT2D eigenvalue weighted by molar-refractivity contribution is 6.54. The fourth-order valence-electron chi connectivity index (χ4n) is 3.74. The van der Waals surface area contributed by atoms with Crippen LogP contribution in [-0.4, -0.2) is 28.6 Å². The third-order valence-corrected chi connectivity index (χ3v) is 6.61. The van der Waals surface area contributed by atoms with Gasteiger partial charge in [-0.3, -0.25) is 10.1 Å². The number of nitrogens with one attached hydrogen (secondary N) is 1. The third kappa shape index (κ3) is 7.25. The van der Waals surface area contributed by atoms with Gasteiger partial charge in [-0.25, -0.2) is 4.79 Å². The summed E-state index contributed by atoms with van der Waals surface area (Å²) in [5, 5.41) is 7.68. The molecule has 0 unspecified atom stereocenters. The maximum atomic E-state index is 13.0. The maximum absolute atomic E-state index is 13.0. The number of hydrogen-bond acceptors (Lipinski definition) is 5. The highest BCUT2D eigenvalue weighted by Gasteiger charge is 2.23. The van der Waals surface area contributed by atoms with Crippen LogP contribution in [0, 0.1) is 0 Å². The van der Waals surface area contributed by atoms with Gasteiger partial charge in [0.2, 0.25) is 0 Å². The van der Waals surface area contributed by atoms with Crippen molar-refractivity contribution < 1.29 is 18.8 Å². The third-order valence-electron chi connectivity index (χ3n) is 5.60. The van der Waals surface area contributed by atoms with Crippen LogP contribution in [0.25, 0.3) is 22.6 Å². The van der Waals surface area contributed by atoms with Crippen LogP contribution in [0.15, 0.2) is 77.3 Å². The van der Waals surface area contributed by atoms with Crippen molar-refractivity contribution in [3.8, 4) is 22.6 Å².